The van der Waals surface area contributed by atoms with Crippen LogP contribution in [0.5, 0.6) is 0 Å². The van der Waals surface area contributed by atoms with Crippen LogP contribution in [0.4, 0.5) is 0 Å². The Labute approximate surface area is 216 Å². The predicted molar refractivity (Wildman–Crippen MR) is 134 cm³/mol. The lowest BCUT2D eigenvalue weighted by Crippen LogP contribution is -2.12. The average molecular weight is 522 g/mol. The molecule has 1 aromatic carbocycles. The highest BCUT2D eigenvalue weighted by Crippen LogP contribution is 2.31. The number of carboxylic acid groups (broad SMARTS) is 1. The Morgan fingerprint density at radius 2 is 1.73 bits per heavy atom. The Morgan fingerprint density at radius 3 is 2.38 bits per heavy atom. The summed E-state index contributed by atoms with van der Waals surface area (Å²) in [5, 5.41) is 19.0. The van der Waals surface area contributed by atoms with E-state index >= 15 is 0 Å². The third-order valence-corrected chi connectivity index (χ3v) is 6.51. The van der Waals surface area contributed by atoms with Crippen molar-refractivity contribution in [2.45, 2.75) is 27.2 Å². The summed E-state index contributed by atoms with van der Waals surface area (Å²) >= 11 is 0.945. The second kappa shape index (κ2) is 12.0. The summed E-state index contributed by atoms with van der Waals surface area (Å²) < 4.78 is 15.9. The quantitative estimate of drug-likeness (QED) is 0.219. The molecule has 1 N–H and O–H groups in total. The normalized spacial score (nSPS) is 11.0. The summed E-state index contributed by atoms with van der Waals surface area (Å²) in [5.74, 6) is -2.59. The van der Waals surface area contributed by atoms with Crippen LogP contribution in [0.1, 0.15) is 60.4 Å². The van der Waals surface area contributed by atoms with Gasteiger partial charge in [0.05, 0.1) is 29.9 Å². The summed E-state index contributed by atoms with van der Waals surface area (Å²) in [4.78, 5) is 50.0. The van der Waals surface area contributed by atoms with Gasteiger partial charge in [-0.05, 0) is 44.5 Å². The minimum absolute atomic E-state index is 0.0425. The molecule has 0 bridgehead atoms. The van der Waals surface area contributed by atoms with Crippen LogP contribution in [-0.4, -0.2) is 42.0 Å². The molecule has 3 rings (SSSR count). The summed E-state index contributed by atoms with van der Waals surface area (Å²) in [5.41, 5.74) is 0.595. The number of rotatable bonds is 10. The zero-order chi connectivity index (χ0) is 27.1. The minimum atomic E-state index is -1.12. The lowest BCUT2D eigenvalue weighted by atomic mass is 10.0. The number of carbonyl (C=O) groups excluding carboxylic acids is 3. The molecule has 0 atom stereocenters. The van der Waals surface area contributed by atoms with Gasteiger partial charge in [0.2, 0.25) is 0 Å². The van der Waals surface area contributed by atoms with E-state index in [1.54, 1.807) is 45.0 Å². The van der Waals surface area contributed by atoms with Crippen LogP contribution < -0.4 is 0 Å². The fourth-order valence-electron chi connectivity index (χ4n) is 3.58. The first-order valence-electron chi connectivity index (χ1n) is 11.3. The maximum absolute atomic E-state index is 13.0. The van der Waals surface area contributed by atoms with Crippen molar-refractivity contribution in [2.24, 2.45) is 0 Å². The van der Waals surface area contributed by atoms with E-state index in [2.05, 4.69) is 0 Å². The maximum atomic E-state index is 13.0. The largest absolute Gasteiger partial charge is 0.478 e. The van der Waals surface area contributed by atoms with Gasteiger partial charge in [-0.2, -0.15) is 5.26 Å². The number of allylic oxidation sites excluding steroid dienone is 1. The highest BCUT2D eigenvalue weighted by Gasteiger charge is 2.28. The number of hydrogen-bond acceptors (Lipinski definition) is 9. The van der Waals surface area contributed by atoms with Gasteiger partial charge in [0.25, 0.3) is 0 Å². The van der Waals surface area contributed by atoms with Gasteiger partial charge in [0.1, 0.15) is 22.5 Å². The number of aromatic carboxylic acids is 1. The number of benzene rings is 1. The van der Waals surface area contributed by atoms with Crippen molar-refractivity contribution in [3.8, 4) is 17.4 Å². The Morgan fingerprint density at radius 1 is 1.05 bits per heavy atom. The summed E-state index contributed by atoms with van der Waals surface area (Å²) in [6.07, 6.45) is 0.917. The van der Waals surface area contributed by atoms with Crippen molar-refractivity contribution >= 4 is 41.1 Å². The third-order valence-electron chi connectivity index (χ3n) is 5.24. The van der Waals surface area contributed by atoms with Gasteiger partial charge in [-0.25, -0.2) is 14.4 Å². The summed E-state index contributed by atoms with van der Waals surface area (Å²) in [6, 6.07) is 11.2. The van der Waals surface area contributed by atoms with E-state index in [0.717, 1.165) is 11.3 Å². The molecule has 3 aromatic rings. The summed E-state index contributed by atoms with van der Waals surface area (Å²) in [7, 11) is 0. The first kappa shape index (κ1) is 27.1. The van der Waals surface area contributed by atoms with Gasteiger partial charge in [-0.1, -0.05) is 18.2 Å². The number of esters is 2. The molecule has 0 aliphatic carbocycles. The zero-order valence-corrected chi connectivity index (χ0v) is 21.1. The number of carbonyl (C=O) groups is 4. The third kappa shape index (κ3) is 6.02. The number of thiophene rings is 1. The number of furan rings is 1. The Kier molecular flexibility index (Phi) is 8.77. The maximum Gasteiger partial charge on any atom is 0.348 e. The van der Waals surface area contributed by atoms with E-state index in [-0.39, 0.29) is 57.6 Å². The molecule has 190 valence electrons. The van der Waals surface area contributed by atoms with Gasteiger partial charge in [0, 0.05) is 22.9 Å². The average Bonchev–Trinajstić information content (AvgIpc) is 3.46. The van der Waals surface area contributed by atoms with Crippen molar-refractivity contribution < 1.29 is 38.2 Å². The SMILES string of the molecule is CCOC(=O)c1sc(CC(=O)C(C#N)=Cc2ccc(-c3ccccc3C(=O)O)o2)c(C(=O)OCC)c1C. The van der Waals surface area contributed by atoms with E-state index in [4.69, 9.17) is 13.9 Å². The Bertz CT molecular complexity index is 1440. The number of ketones is 1. The van der Waals surface area contributed by atoms with Crippen LogP contribution in [0.3, 0.4) is 0 Å². The lowest BCUT2D eigenvalue weighted by molar-refractivity contribution is -0.114. The molecule has 0 aliphatic heterocycles. The molecule has 0 aliphatic rings. The zero-order valence-electron chi connectivity index (χ0n) is 20.3. The molecule has 2 aromatic heterocycles. The van der Waals surface area contributed by atoms with Crippen LogP contribution in [-0.2, 0) is 20.7 Å². The first-order valence-corrected chi connectivity index (χ1v) is 12.1. The second-order valence-corrected chi connectivity index (χ2v) is 8.72. The number of carboxylic acids is 1. The van der Waals surface area contributed by atoms with E-state index in [9.17, 15) is 29.5 Å². The standard InChI is InChI=1S/C27H23NO8S/c1-4-34-26(32)23-15(3)24(27(33)35-5-2)37-22(23)13-20(29)16(14-28)12-17-10-11-21(36-17)18-8-6-7-9-19(18)25(30)31/h6-12H,4-5,13H2,1-3H3,(H,30,31). The molecule has 2 heterocycles. The van der Waals surface area contributed by atoms with Gasteiger partial charge in [0.15, 0.2) is 5.78 Å². The van der Waals surface area contributed by atoms with Gasteiger partial charge in [-0.15, -0.1) is 11.3 Å². The number of hydrogen-bond donors (Lipinski definition) is 1. The van der Waals surface area contributed by atoms with Gasteiger partial charge in [-0.3, -0.25) is 4.79 Å². The van der Waals surface area contributed by atoms with Crippen molar-refractivity contribution in [1.29, 1.82) is 5.26 Å². The fraction of sp³-hybridized carbons (Fsp3) is 0.222. The van der Waals surface area contributed by atoms with Gasteiger partial charge >= 0.3 is 17.9 Å². The van der Waals surface area contributed by atoms with E-state index in [1.165, 1.54) is 18.2 Å². The predicted octanol–water partition coefficient (Wildman–Crippen LogP) is 5.09. The smallest absolute Gasteiger partial charge is 0.348 e. The van der Waals surface area contributed by atoms with Crippen LogP contribution in [0.2, 0.25) is 0 Å². The van der Waals surface area contributed by atoms with Crippen molar-refractivity contribution in [3.63, 3.8) is 0 Å². The van der Waals surface area contributed by atoms with Crippen molar-refractivity contribution in [2.75, 3.05) is 13.2 Å². The molecule has 0 amide bonds. The molecule has 0 saturated heterocycles. The molecular weight excluding hydrogens is 498 g/mol. The molecule has 0 fully saturated rings. The molecule has 37 heavy (non-hydrogen) atoms. The molecule has 0 radical (unpaired) electrons. The van der Waals surface area contributed by atoms with Crippen LogP contribution in [0.15, 0.2) is 46.4 Å². The second-order valence-electron chi connectivity index (χ2n) is 7.62. The minimum Gasteiger partial charge on any atom is -0.478 e. The van der Waals surface area contributed by atoms with Crippen LogP contribution in [0.25, 0.3) is 17.4 Å². The van der Waals surface area contributed by atoms with Crippen LogP contribution in [0, 0.1) is 18.3 Å². The Hall–Kier alpha value is -4.49. The number of ether oxygens (including phenoxy) is 2. The molecule has 0 saturated carbocycles. The van der Waals surface area contributed by atoms with E-state index < -0.39 is 23.7 Å². The van der Waals surface area contributed by atoms with E-state index in [1.807, 2.05) is 6.07 Å². The van der Waals surface area contributed by atoms with Gasteiger partial charge < -0.3 is 19.0 Å². The molecule has 10 heteroatoms. The first-order chi connectivity index (χ1) is 17.7. The Balaban J connectivity index is 1.93. The molecular formula is C27H23NO8S. The molecule has 9 nitrogen and oxygen atoms in total. The highest BCUT2D eigenvalue weighted by molar-refractivity contribution is 7.14. The fourth-order valence-corrected chi connectivity index (χ4v) is 4.76. The van der Waals surface area contributed by atoms with Crippen LogP contribution >= 0.6 is 11.3 Å². The lowest BCUT2D eigenvalue weighted by Gasteiger charge is -2.05. The number of Topliss-reactive ketones (excluding diaryl/α,β-unsaturated/α-hetero) is 1. The topological polar surface area (TPSA) is 144 Å². The highest BCUT2D eigenvalue weighted by atomic mass is 32.1. The molecule has 0 spiro atoms. The molecule has 0 unspecified atom stereocenters. The summed E-state index contributed by atoms with van der Waals surface area (Å²) in [6.45, 7) is 5.11. The van der Waals surface area contributed by atoms with Crippen molar-refractivity contribution in [1.82, 2.24) is 0 Å². The van der Waals surface area contributed by atoms with E-state index in [0.29, 0.717) is 11.1 Å². The number of nitriles is 1. The van der Waals surface area contributed by atoms with Crippen molar-refractivity contribution in [3.05, 3.63) is 74.2 Å². The monoisotopic (exact) mass is 521 g/mol. The number of nitrogens with zero attached hydrogens (tertiary/aromatic N) is 1.